The zero-order chi connectivity index (χ0) is 51.4. The lowest BCUT2D eigenvalue weighted by Crippen LogP contribution is -2.58. The Bertz CT molecular complexity index is 2980. The number of aromatic nitrogens is 2. The van der Waals surface area contributed by atoms with E-state index in [4.69, 9.17) is 19.4 Å². The van der Waals surface area contributed by atoms with Crippen LogP contribution in [0.1, 0.15) is 119 Å². The highest BCUT2D eigenvalue weighted by molar-refractivity contribution is 7.91. The van der Waals surface area contributed by atoms with E-state index >= 15 is 9.59 Å². The van der Waals surface area contributed by atoms with E-state index in [1.165, 1.54) is 16.2 Å². The SMILES string of the molecule is COc1ccc2c(O[C@@H]3C[C@H]4C(=O)N[C@]5(C(=O)NS(=O)(=O)C6(C)CC6)C[C@H]5/C=C\CCCCC[C@H](Nc5cccc(C(=O)N6CCN(C(=O)C7CC7)CC6)c5)C(=O)N4C3)cc(-c3nc(C(C)C)cs3)nc2c1C. The molecule has 0 radical (unpaired) electrons. The average Bonchev–Trinajstić information content (AvgIpc) is 4.35. The Labute approximate surface area is 430 Å². The number of piperazine rings is 1. The van der Waals surface area contributed by atoms with Gasteiger partial charge in [-0.1, -0.05) is 44.9 Å². The minimum atomic E-state index is -4.03. The first-order valence-corrected chi connectivity index (χ1v) is 28.2. The van der Waals surface area contributed by atoms with Crippen molar-refractivity contribution >= 4 is 67.5 Å². The van der Waals surface area contributed by atoms with Gasteiger partial charge in [-0.15, -0.1) is 11.3 Å². The summed E-state index contributed by atoms with van der Waals surface area (Å²) in [6.45, 7) is 9.56. The van der Waals surface area contributed by atoms with Gasteiger partial charge in [-0.3, -0.25) is 28.7 Å². The van der Waals surface area contributed by atoms with Gasteiger partial charge in [0.25, 0.3) is 11.8 Å². The van der Waals surface area contributed by atoms with Crippen molar-refractivity contribution in [3.05, 3.63) is 76.8 Å². The molecule has 3 aliphatic heterocycles. The average molecular weight is 1040 g/mol. The number of hydrogen-bond donors (Lipinski definition) is 3. The van der Waals surface area contributed by atoms with Crippen molar-refractivity contribution < 1.29 is 41.9 Å². The predicted molar refractivity (Wildman–Crippen MR) is 278 cm³/mol. The molecular formula is C54H66N8O9S2. The quantitative estimate of drug-likeness (QED) is 0.127. The second kappa shape index (κ2) is 20.0. The Morgan fingerprint density at radius 2 is 1.71 bits per heavy atom. The molecule has 10 rings (SSSR count). The Kier molecular flexibility index (Phi) is 13.8. The summed E-state index contributed by atoms with van der Waals surface area (Å²) in [5.41, 5.74) is 2.47. The molecule has 0 bridgehead atoms. The maximum absolute atomic E-state index is 15.4. The molecule has 5 amide bonds. The highest BCUT2D eigenvalue weighted by atomic mass is 32.2. The number of fused-ring (bicyclic) bond motifs is 3. The number of aryl methyl sites for hydroxylation is 1. The van der Waals surface area contributed by atoms with Gasteiger partial charge in [-0.2, -0.15) is 0 Å². The summed E-state index contributed by atoms with van der Waals surface area (Å²) >= 11 is 1.49. The van der Waals surface area contributed by atoms with E-state index in [1.54, 1.807) is 37.1 Å². The van der Waals surface area contributed by atoms with Crippen LogP contribution in [0.5, 0.6) is 11.5 Å². The van der Waals surface area contributed by atoms with Crippen molar-refractivity contribution in [1.82, 2.24) is 34.7 Å². The largest absolute Gasteiger partial charge is 0.496 e. The number of ether oxygens (including phenoxy) is 2. The van der Waals surface area contributed by atoms with E-state index in [9.17, 15) is 22.8 Å². The van der Waals surface area contributed by atoms with Gasteiger partial charge in [0.1, 0.15) is 45.9 Å². The summed E-state index contributed by atoms with van der Waals surface area (Å²) in [5.74, 6) is -0.715. The Hall–Kier alpha value is -6.08. The molecule has 5 heterocycles. The van der Waals surface area contributed by atoms with Crippen LogP contribution < -0.4 is 24.8 Å². The number of carbonyl (C=O) groups excluding carboxylic acids is 5. The van der Waals surface area contributed by atoms with Gasteiger partial charge in [-0.25, -0.2) is 18.4 Å². The normalized spacial score (nSPS) is 25.7. The summed E-state index contributed by atoms with van der Waals surface area (Å²) < 4.78 is 40.8. The molecular weight excluding hydrogens is 969 g/mol. The van der Waals surface area contributed by atoms with E-state index in [0.717, 1.165) is 36.9 Å². The molecule has 3 saturated carbocycles. The molecule has 3 N–H and O–H groups in total. The van der Waals surface area contributed by atoms with Crippen LogP contribution in [0.25, 0.3) is 21.6 Å². The van der Waals surface area contributed by atoms with E-state index in [0.29, 0.717) is 103 Å². The lowest BCUT2D eigenvalue weighted by Gasteiger charge is -2.35. The summed E-state index contributed by atoms with van der Waals surface area (Å²) in [6, 6.07) is 10.8. The first-order valence-electron chi connectivity index (χ1n) is 25.9. The van der Waals surface area contributed by atoms with Gasteiger partial charge in [0.05, 0.1) is 29.6 Å². The number of nitrogens with one attached hydrogen (secondary N) is 3. The second-order valence-corrected chi connectivity index (χ2v) is 24.5. The summed E-state index contributed by atoms with van der Waals surface area (Å²) in [6.07, 6.45) is 9.56. The first kappa shape index (κ1) is 50.5. The van der Waals surface area contributed by atoms with E-state index < -0.39 is 56.2 Å². The number of benzene rings is 2. The van der Waals surface area contributed by atoms with Crippen LogP contribution in [0.3, 0.4) is 0 Å². The number of carbonyl (C=O) groups is 5. The number of thiazole rings is 1. The van der Waals surface area contributed by atoms with Gasteiger partial charge in [0, 0.05) is 78.1 Å². The molecule has 2 saturated heterocycles. The number of anilines is 1. The predicted octanol–water partition coefficient (Wildman–Crippen LogP) is 6.72. The van der Waals surface area contributed by atoms with E-state index in [2.05, 4.69) is 29.2 Å². The molecule has 19 heteroatoms. The topological polar surface area (TPSA) is 210 Å². The molecule has 3 aliphatic carbocycles. The van der Waals surface area contributed by atoms with Gasteiger partial charge in [0.15, 0.2) is 0 Å². The summed E-state index contributed by atoms with van der Waals surface area (Å²) in [7, 11) is -2.43. The third kappa shape index (κ3) is 10.3. The maximum atomic E-state index is 15.4. The van der Waals surface area contributed by atoms with Crippen molar-refractivity contribution in [1.29, 1.82) is 0 Å². The molecule has 73 heavy (non-hydrogen) atoms. The molecule has 4 aromatic rings. The molecule has 17 nitrogen and oxygen atoms in total. The van der Waals surface area contributed by atoms with Crippen molar-refractivity contribution in [2.24, 2.45) is 11.8 Å². The first-order chi connectivity index (χ1) is 35.0. The lowest BCUT2D eigenvalue weighted by molar-refractivity contribution is -0.140. The minimum Gasteiger partial charge on any atom is -0.496 e. The number of allylic oxidation sites excluding steroid dienone is 1. The van der Waals surface area contributed by atoms with Gasteiger partial charge < -0.3 is 34.8 Å². The maximum Gasteiger partial charge on any atom is 0.259 e. The zero-order valence-electron chi connectivity index (χ0n) is 42.3. The van der Waals surface area contributed by atoms with Crippen LogP contribution in [0.4, 0.5) is 5.69 Å². The molecule has 5 fully saturated rings. The van der Waals surface area contributed by atoms with Crippen molar-refractivity contribution in [3.8, 4) is 22.2 Å². The molecule has 5 atom stereocenters. The third-order valence-electron chi connectivity index (χ3n) is 15.7. The number of pyridine rings is 1. The van der Waals surface area contributed by atoms with Crippen LogP contribution >= 0.6 is 11.3 Å². The number of amides is 5. The number of rotatable bonds is 12. The van der Waals surface area contributed by atoms with Gasteiger partial charge in [-0.05, 0) is 101 Å². The molecule has 6 aliphatic rings. The smallest absolute Gasteiger partial charge is 0.259 e. The van der Waals surface area contributed by atoms with Gasteiger partial charge in [0.2, 0.25) is 27.7 Å². The van der Waals surface area contributed by atoms with Crippen LogP contribution in [0.15, 0.2) is 60.0 Å². The minimum absolute atomic E-state index is 0.0150. The Morgan fingerprint density at radius 3 is 2.42 bits per heavy atom. The molecule has 0 spiro atoms. The van der Waals surface area contributed by atoms with Crippen LogP contribution in [-0.4, -0.2) is 131 Å². The Balaban J connectivity index is 0.961. The number of sulfonamides is 1. The van der Waals surface area contributed by atoms with E-state index in [-0.39, 0.29) is 48.9 Å². The van der Waals surface area contributed by atoms with E-state index in [1.807, 2.05) is 53.6 Å². The fourth-order valence-electron chi connectivity index (χ4n) is 10.4. The number of nitrogens with zero attached hydrogens (tertiary/aromatic N) is 5. The Morgan fingerprint density at radius 1 is 0.945 bits per heavy atom. The summed E-state index contributed by atoms with van der Waals surface area (Å²) in [4.78, 5) is 86.4. The molecule has 0 unspecified atom stereocenters. The standard InChI is InChI=1S/C54H66N8O9S2/c1-32(2)42-31-72-48(57-42)41-28-45(39-18-19-44(70-5)33(3)46(39)56-41)71-38-27-43-47(63)58-54(52(67)59-73(68,69)53(4)20-21-53)29-36(54)13-9-7-6-8-10-15-40(51(66)62(43)30-38)55-37-14-11-12-35(26-37)50(65)61-24-22-60(23-25-61)49(64)34-16-17-34/h9,11-14,18-19,26,28,31-32,34,36,38,40,43,55H,6-8,10,15-17,20-25,27,29-30H2,1-5H3,(H,58,63)(H,59,67)/b13-9-/t36-,38-,40+,43+,54-/m1/s1. The zero-order valence-corrected chi connectivity index (χ0v) is 43.9. The highest BCUT2D eigenvalue weighted by Crippen LogP contribution is 2.48. The second-order valence-electron chi connectivity index (χ2n) is 21.4. The van der Waals surface area contributed by atoms with Crippen molar-refractivity contribution in [2.75, 3.05) is 45.2 Å². The van der Waals surface area contributed by atoms with Crippen molar-refractivity contribution in [3.63, 3.8) is 0 Å². The fraction of sp³-hybridized carbons (Fsp3) is 0.537. The third-order valence-corrected chi connectivity index (χ3v) is 18.8. The van der Waals surface area contributed by atoms with Crippen LogP contribution in [-0.2, 0) is 29.2 Å². The molecule has 2 aromatic heterocycles. The monoisotopic (exact) mass is 1030 g/mol. The van der Waals surface area contributed by atoms with Crippen LogP contribution in [0, 0.1) is 18.8 Å². The summed E-state index contributed by atoms with van der Waals surface area (Å²) in [5, 5.41) is 9.90. The number of methoxy groups -OCH3 is 1. The van der Waals surface area contributed by atoms with Gasteiger partial charge >= 0.3 is 0 Å². The highest BCUT2D eigenvalue weighted by Gasteiger charge is 2.63. The van der Waals surface area contributed by atoms with Crippen molar-refractivity contribution in [2.45, 2.75) is 133 Å². The lowest BCUT2D eigenvalue weighted by atomic mass is 10.0. The fourth-order valence-corrected chi connectivity index (χ4v) is 12.7. The molecule has 388 valence electrons. The molecule has 2 aromatic carbocycles. The number of hydrogen-bond acceptors (Lipinski definition) is 13. The van der Waals surface area contributed by atoms with Crippen LogP contribution in [0.2, 0.25) is 0 Å².